The number of rotatable bonds is 2. The summed E-state index contributed by atoms with van der Waals surface area (Å²) < 4.78 is 5.63. The van der Waals surface area contributed by atoms with Gasteiger partial charge in [-0.15, -0.1) is 0 Å². The van der Waals surface area contributed by atoms with E-state index in [4.69, 9.17) is 4.74 Å². The van der Waals surface area contributed by atoms with Crippen molar-refractivity contribution >= 4 is 12.0 Å². The van der Waals surface area contributed by atoms with Crippen LogP contribution in [-0.2, 0) is 4.74 Å². The van der Waals surface area contributed by atoms with Crippen LogP contribution in [0.5, 0.6) is 0 Å². The summed E-state index contributed by atoms with van der Waals surface area (Å²) in [7, 11) is 1.75. The van der Waals surface area contributed by atoms with Crippen LogP contribution in [0.1, 0.15) is 35.4 Å². The second kappa shape index (κ2) is 6.72. The normalized spacial score (nSPS) is 22.8. The van der Waals surface area contributed by atoms with Gasteiger partial charge in [-0.05, 0) is 19.8 Å². The van der Waals surface area contributed by atoms with Crippen LogP contribution in [-0.4, -0.2) is 64.1 Å². The van der Waals surface area contributed by atoms with Crippen LogP contribution in [0, 0.1) is 6.92 Å². The minimum absolute atomic E-state index is 0.0688. The third-order valence-electron chi connectivity index (χ3n) is 5.46. The summed E-state index contributed by atoms with van der Waals surface area (Å²) in [6.07, 6.45) is 1.97. The molecule has 27 heavy (non-hydrogen) atoms. The lowest BCUT2D eigenvalue weighted by molar-refractivity contribution is 0.0438. The highest BCUT2D eigenvalue weighted by Crippen LogP contribution is 2.33. The van der Waals surface area contributed by atoms with Gasteiger partial charge in [-0.25, -0.2) is 9.78 Å². The second-order valence-electron chi connectivity index (χ2n) is 7.48. The van der Waals surface area contributed by atoms with Gasteiger partial charge >= 0.3 is 6.09 Å². The van der Waals surface area contributed by atoms with E-state index in [1.54, 1.807) is 11.9 Å². The molecule has 1 atom stereocenters. The molecule has 2 saturated heterocycles. The van der Waals surface area contributed by atoms with Gasteiger partial charge in [0.2, 0.25) is 0 Å². The van der Waals surface area contributed by atoms with Crippen LogP contribution in [0.3, 0.4) is 0 Å². The molecule has 0 saturated carbocycles. The highest BCUT2D eigenvalue weighted by atomic mass is 16.6. The fraction of sp³-hybridized carbons (Fsp3) is 0.450. The largest absolute Gasteiger partial charge is 0.441 e. The van der Waals surface area contributed by atoms with Crippen LogP contribution < -0.4 is 0 Å². The Morgan fingerprint density at radius 3 is 2.70 bits per heavy atom. The maximum absolute atomic E-state index is 13.1. The number of likely N-dealkylation sites (tertiary alicyclic amines) is 1. The molecule has 7 heteroatoms. The van der Waals surface area contributed by atoms with E-state index in [1.165, 1.54) is 0 Å². The number of carbonyl (C=O) groups excluding carboxylic acids is 2. The van der Waals surface area contributed by atoms with E-state index >= 15 is 0 Å². The van der Waals surface area contributed by atoms with E-state index in [1.807, 2.05) is 42.2 Å². The topological polar surface area (TPSA) is 78.5 Å². The number of aromatic amines is 1. The molecule has 2 aromatic rings. The SMILES string of the molecule is Cc1[nH]c(-c2ccccc2)nc1C(=O)N1CCCC2(CC1)CN(C)C(=O)O2. The number of aromatic nitrogens is 2. The molecule has 7 nitrogen and oxygen atoms in total. The van der Waals surface area contributed by atoms with Crippen LogP contribution in [0.25, 0.3) is 11.4 Å². The monoisotopic (exact) mass is 368 g/mol. The Balaban J connectivity index is 1.50. The molecule has 142 valence electrons. The van der Waals surface area contributed by atoms with Gasteiger partial charge in [0.15, 0.2) is 0 Å². The number of benzene rings is 1. The maximum atomic E-state index is 13.1. The predicted molar refractivity (Wildman–Crippen MR) is 100 cm³/mol. The summed E-state index contributed by atoms with van der Waals surface area (Å²) in [5.74, 6) is 0.634. The Morgan fingerprint density at radius 2 is 2.00 bits per heavy atom. The summed E-state index contributed by atoms with van der Waals surface area (Å²) in [5.41, 5.74) is 1.72. The predicted octanol–water partition coefficient (Wildman–Crippen LogP) is 2.83. The molecule has 3 heterocycles. The number of H-pyrrole nitrogens is 1. The van der Waals surface area contributed by atoms with Crippen molar-refractivity contribution < 1.29 is 14.3 Å². The van der Waals surface area contributed by atoms with Crippen molar-refractivity contribution in [1.82, 2.24) is 19.8 Å². The number of imidazole rings is 1. The van der Waals surface area contributed by atoms with E-state index in [0.717, 1.165) is 24.1 Å². The lowest BCUT2D eigenvalue weighted by Crippen LogP contribution is -2.37. The molecule has 1 spiro atoms. The summed E-state index contributed by atoms with van der Waals surface area (Å²) in [6.45, 7) is 3.68. The van der Waals surface area contributed by atoms with Crippen LogP contribution in [0.2, 0.25) is 0 Å². The lowest BCUT2D eigenvalue weighted by atomic mass is 9.95. The number of amides is 2. The van der Waals surface area contributed by atoms with Gasteiger partial charge in [-0.3, -0.25) is 4.79 Å². The molecule has 4 rings (SSSR count). The van der Waals surface area contributed by atoms with Gasteiger partial charge in [0.05, 0.1) is 6.54 Å². The van der Waals surface area contributed by atoms with Crippen molar-refractivity contribution in [1.29, 1.82) is 0 Å². The number of likely N-dealkylation sites (N-methyl/N-ethyl adjacent to an activating group) is 1. The molecule has 1 N–H and O–H groups in total. The quantitative estimate of drug-likeness (QED) is 0.884. The molecular formula is C20H24N4O3. The zero-order valence-electron chi connectivity index (χ0n) is 15.7. The first-order valence-electron chi connectivity index (χ1n) is 9.33. The fourth-order valence-corrected chi connectivity index (χ4v) is 3.97. The molecule has 0 aliphatic carbocycles. The van der Waals surface area contributed by atoms with Crippen LogP contribution in [0.4, 0.5) is 4.79 Å². The molecular weight excluding hydrogens is 344 g/mol. The van der Waals surface area contributed by atoms with Crippen LogP contribution in [0.15, 0.2) is 30.3 Å². The zero-order chi connectivity index (χ0) is 19.0. The summed E-state index contributed by atoms with van der Waals surface area (Å²) >= 11 is 0. The second-order valence-corrected chi connectivity index (χ2v) is 7.48. The number of nitrogens with one attached hydrogen (secondary N) is 1. The highest BCUT2D eigenvalue weighted by molar-refractivity contribution is 5.94. The number of hydrogen-bond donors (Lipinski definition) is 1. The van der Waals surface area contributed by atoms with Crippen molar-refractivity contribution in [3.05, 3.63) is 41.7 Å². The van der Waals surface area contributed by atoms with Crippen molar-refractivity contribution in [3.8, 4) is 11.4 Å². The van der Waals surface area contributed by atoms with E-state index < -0.39 is 5.60 Å². The minimum atomic E-state index is -0.462. The molecule has 2 fully saturated rings. The number of hydrogen-bond acceptors (Lipinski definition) is 4. The Bertz CT molecular complexity index is 863. The summed E-state index contributed by atoms with van der Waals surface area (Å²) in [4.78, 5) is 36.1. The third-order valence-corrected chi connectivity index (χ3v) is 5.46. The third kappa shape index (κ3) is 3.29. The average molecular weight is 368 g/mol. The standard InChI is InChI=1S/C20H24N4O3/c1-14-16(22-17(21-14)15-7-4-3-5-8-15)18(25)24-11-6-9-20(10-12-24)13-23(2)19(26)27-20/h3-5,7-8H,6,9-13H2,1-2H3,(H,21,22). The number of aryl methyl sites for hydroxylation is 1. The first kappa shape index (κ1) is 17.6. The van der Waals surface area contributed by atoms with E-state index in [2.05, 4.69) is 9.97 Å². The lowest BCUT2D eigenvalue weighted by Gasteiger charge is -2.25. The molecule has 1 unspecified atom stereocenters. The molecule has 1 aromatic heterocycles. The van der Waals surface area contributed by atoms with Gasteiger partial charge in [0, 0.05) is 37.8 Å². The van der Waals surface area contributed by atoms with Crippen molar-refractivity contribution in [2.45, 2.75) is 31.8 Å². The Labute approximate surface area is 158 Å². The first-order valence-corrected chi connectivity index (χ1v) is 9.33. The molecule has 0 radical (unpaired) electrons. The summed E-state index contributed by atoms with van der Waals surface area (Å²) in [5, 5.41) is 0. The van der Waals surface area contributed by atoms with Crippen molar-refractivity contribution in [2.24, 2.45) is 0 Å². The Hall–Kier alpha value is -2.83. The fourth-order valence-electron chi connectivity index (χ4n) is 3.97. The minimum Gasteiger partial charge on any atom is -0.441 e. The molecule has 2 amide bonds. The number of carbonyl (C=O) groups is 2. The molecule has 2 aliphatic heterocycles. The average Bonchev–Trinajstić information content (AvgIpc) is 3.10. The molecule has 1 aromatic carbocycles. The van der Waals surface area contributed by atoms with Gasteiger partial charge in [-0.1, -0.05) is 30.3 Å². The zero-order valence-corrected chi connectivity index (χ0v) is 15.7. The van der Waals surface area contributed by atoms with Crippen molar-refractivity contribution in [2.75, 3.05) is 26.7 Å². The molecule has 0 bridgehead atoms. The smallest absolute Gasteiger partial charge is 0.410 e. The van der Waals surface area contributed by atoms with Crippen molar-refractivity contribution in [3.63, 3.8) is 0 Å². The van der Waals surface area contributed by atoms with Gasteiger partial charge < -0.3 is 19.5 Å². The number of ether oxygens (including phenoxy) is 1. The molecule has 2 aliphatic rings. The maximum Gasteiger partial charge on any atom is 0.410 e. The van der Waals surface area contributed by atoms with E-state index in [0.29, 0.717) is 37.6 Å². The van der Waals surface area contributed by atoms with E-state index in [-0.39, 0.29) is 12.0 Å². The Morgan fingerprint density at radius 1 is 1.22 bits per heavy atom. The van der Waals surface area contributed by atoms with Gasteiger partial charge in [0.1, 0.15) is 17.1 Å². The van der Waals surface area contributed by atoms with E-state index in [9.17, 15) is 9.59 Å². The highest BCUT2D eigenvalue weighted by Gasteiger charge is 2.44. The summed E-state index contributed by atoms with van der Waals surface area (Å²) in [6, 6.07) is 9.78. The van der Waals surface area contributed by atoms with Crippen LogP contribution >= 0.6 is 0 Å². The first-order chi connectivity index (χ1) is 13.0. The Kier molecular flexibility index (Phi) is 4.37. The van der Waals surface area contributed by atoms with Gasteiger partial charge in [0.25, 0.3) is 5.91 Å². The van der Waals surface area contributed by atoms with Gasteiger partial charge in [-0.2, -0.15) is 0 Å². The number of nitrogens with zero attached hydrogens (tertiary/aromatic N) is 3.